The molecule has 0 heterocycles. The molecule has 0 saturated heterocycles. The lowest BCUT2D eigenvalue weighted by molar-refractivity contribution is -0.113. The summed E-state index contributed by atoms with van der Waals surface area (Å²) in [5, 5.41) is 10.6. The van der Waals surface area contributed by atoms with Crippen LogP contribution in [-0.2, 0) is 11.2 Å². The number of carbonyl (C=O) groups is 1. The molecule has 0 fully saturated rings. The van der Waals surface area contributed by atoms with Crippen molar-refractivity contribution in [1.82, 2.24) is 0 Å². The van der Waals surface area contributed by atoms with Gasteiger partial charge in [0.1, 0.15) is 0 Å². The van der Waals surface area contributed by atoms with E-state index in [0.717, 1.165) is 5.56 Å². The third-order valence-electron chi connectivity index (χ3n) is 3.03. The third-order valence-corrected chi connectivity index (χ3v) is 3.77. The molecule has 114 valence electrons. The standard InChI is InChI=1S/C17H14Cl2O3/c1-22-17-7-4-11(10-16(17)21)2-5-13(20)8-12-3-6-14(18)15(19)9-12/h2-7,9-10,21H,8H2,1H3/b5-2+. The molecule has 2 aromatic rings. The van der Waals surface area contributed by atoms with Crippen LogP contribution in [0.1, 0.15) is 11.1 Å². The summed E-state index contributed by atoms with van der Waals surface area (Å²) in [6, 6.07) is 10.0. The minimum absolute atomic E-state index is 0.0292. The number of ketones is 1. The molecule has 2 rings (SSSR count). The maximum Gasteiger partial charge on any atom is 0.160 e. The van der Waals surface area contributed by atoms with Crippen molar-refractivity contribution in [3.05, 3.63) is 63.6 Å². The predicted molar refractivity (Wildman–Crippen MR) is 88.9 cm³/mol. The molecule has 0 unspecified atom stereocenters. The summed E-state index contributed by atoms with van der Waals surface area (Å²) in [6.07, 6.45) is 3.33. The summed E-state index contributed by atoms with van der Waals surface area (Å²) in [4.78, 5) is 11.9. The molecular weight excluding hydrogens is 323 g/mol. The van der Waals surface area contributed by atoms with E-state index in [1.54, 1.807) is 36.4 Å². The molecule has 0 aliphatic heterocycles. The molecule has 1 N–H and O–H groups in total. The van der Waals surface area contributed by atoms with E-state index in [1.807, 2.05) is 0 Å². The van der Waals surface area contributed by atoms with Gasteiger partial charge in [-0.05, 0) is 41.5 Å². The molecule has 0 radical (unpaired) electrons. The van der Waals surface area contributed by atoms with Gasteiger partial charge in [0, 0.05) is 6.42 Å². The fraction of sp³-hybridized carbons (Fsp3) is 0.118. The number of phenols is 1. The van der Waals surface area contributed by atoms with E-state index in [1.165, 1.54) is 19.3 Å². The first-order valence-electron chi connectivity index (χ1n) is 6.51. The SMILES string of the molecule is COc1ccc(/C=C/C(=O)Cc2ccc(Cl)c(Cl)c2)cc1O. The Morgan fingerprint density at radius 3 is 2.59 bits per heavy atom. The van der Waals surface area contributed by atoms with Crippen molar-refractivity contribution in [2.24, 2.45) is 0 Å². The molecular formula is C17H14Cl2O3. The number of ether oxygens (including phenoxy) is 1. The fourth-order valence-electron chi connectivity index (χ4n) is 1.91. The van der Waals surface area contributed by atoms with Gasteiger partial charge < -0.3 is 9.84 Å². The molecule has 0 aliphatic rings. The minimum atomic E-state index is -0.0753. The van der Waals surface area contributed by atoms with E-state index in [9.17, 15) is 9.90 Å². The number of aromatic hydroxyl groups is 1. The Morgan fingerprint density at radius 1 is 1.18 bits per heavy atom. The lowest BCUT2D eigenvalue weighted by atomic mass is 10.1. The number of hydrogen-bond acceptors (Lipinski definition) is 3. The summed E-state index contributed by atoms with van der Waals surface area (Å²) in [6.45, 7) is 0. The second-order valence-corrected chi connectivity index (χ2v) is 5.47. The molecule has 3 nitrogen and oxygen atoms in total. The summed E-state index contributed by atoms with van der Waals surface area (Å²) >= 11 is 11.7. The Balaban J connectivity index is 2.04. The van der Waals surface area contributed by atoms with Crippen molar-refractivity contribution >= 4 is 35.1 Å². The molecule has 0 amide bonds. The van der Waals surface area contributed by atoms with Crippen molar-refractivity contribution in [3.8, 4) is 11.5 Å². The molecule has 22 heavy (non-hydrogen) atoms. The average Bonchev–Trinajstić information content (AvgIpc) is 2.49. The number of halogens is 2. The zero-order valence-electron chi connectivity index (χ0n) is 11.8. The zero-order chi connectivity index (χ0) is 16.1. The first kappa shape index (κ1) is 16.4. The van der Waals surface area contributed by atoms with E-state index in [-0.39, 0.29) is 18.0 Å². The number of hydrogen-bond donors (Lipinski definition) is 1. The summed E-state index contributed by atoms with van der Waals surface area (Å²) in [5.74, 6) is 0.342. The van der Waals surface area contributed by atoms with Crippen molar-refractivity contribution in [2.75, 3.05) is 7.11 Å². The summed E-state index contributed by atoms with van der Waals surface area (Å²) < 4.78 is 4.96. The topological polar surface area (TPSA) is 46.5 Å². The van der Waals surface area contributed by atoms with Crippen LogP contribution < -0.4 is 4.74 Å². The van der Waals surface area contributed by atoms with Gasteiger partial charge in [-0.2, -0.15) is 0 Å². The van der Waals surface area contributed by atoms with E-state index in [0.29, 0.717) is 21.4 Å². The summed E-state index contributed by atoms with van der Waals surface area (Å²) in [7, 11) is 1.48. The van der Waals surface area contributed by atoms with E-state index < -0.39 is 0 Å². The van der Waals surface area contributed by atoms with Crippen LogP contribution in [0.15, 0.2) is 42.5 Å². The fourth-order valence-corrected chi connectivity index (χ4v) is 2.23. The number of benzene rings is 2. The first-order chi connectivity index (χ1) is 10.5. The molecule has 5 heteroatoms. The van der Waals surface area contributed by atoms with Crippen LogP contribution in [0.3, 0.4) is 0 Å². The van der Waals surface area contributed by atoms with Crippen molar-refractivity contribution in [3.63, 3.8) is 0 Å². The maximum atomic E-state index is 11.9. The highest BCUT2D eigenvalue weighted by molar-refractivity contribution is 6.42. The normalized spacial score (nSPS) is 10.9. The number of carbonyl (C=O) groups excluding carboxylic acids is 1. The van der Waals surface area contributed by atoms with E-state index in [2.05, 4.69) is 0 Å². The quantitative estimate of drug-likeness (QED) is 0.815. The highest BCUT2D eigenvalue weighted by Crippen LogP contribution is 2.27. The van der Waals surface area contributed by atoms with Gasteiger partial charge in [-0.1, -0.05) is 41.4 Å². The lowest BCUT2D eigenvalue weighted by Gasteiger charge is -2.03. The number of rotatable bonds is 5. The van der Waals surface area contributed by atoms with Gasteiger partial charge >= 0.3 is 0 Å². The molecule has 0 aromatic heterocycles. The number of methoxy groups -OCH3 is 1. The molecule has 0 aliphatic carbocycles. The van der Waals surface area contributed by atoms with Crippen LogP contribution in [0.4, 0.5) is 0 Å². The first-order valence-corrected chi connectivity index (χ1v) is 7.27. The largest absolute Gasteiger partial charge is 0.504 e. The second kappa shape index (κ2) is 7.34. The van der Waals surface area contributed by atoms with Crippen molar-refractivity contribution in [1.29, 1.82) is 0 Å². The molecule has 0 spiro atoms. The second-order valence-electron chi connectivity index (χ2n) is 4.66. The Kier molecular flexibility index (Phi) is 5.47. The van der Waals surface area contributed by atoms with E-state index in [4.69, 9.17) is 27.9 Å². The number of phenolic OH excluding ortho intramolecular Hbond substituents is 1. The van der Waals surface area contributed by atoms with Crippen LogP contribution in [0.2, 0.25) is 10.0 Å². The zero-order valence-corrected chi connectivity index (χ0v) is 13.4. The van der Waals surface area contributed by atoms with E-state index >= 15 is 0 Å². The highest BCUT2D eigenvalue weighted by Gasteiger charge is 2.04. The van der Waals surface area contributed by atoms with Gasteiger partial charge in [-0.3, -0.25) is 4.79 Å². The van der Waals surface area contributed by atoms with Crippen LogP contribution in [0.25, 0.3) is 6.08 Å². The molecule has 2 aromatic carbocycles. The maximum absolute atomic E-state index is 11.9. The van der Waals surface area contributed by atoms with Gasteiger partial charge in [-0.15, -0.1) is 0 Å². The average molecular weight is 337 g/mol. The van der Waals surface area contributed by atoms with Gasteiger partial charge in [-0.25, -0.2) is 0 Å². The monoisotopic (exact) mass is 336 g/mol. The van der Waals surface area contributed by atoms with Gasteiger partial charge in [0.15, 0.2) is 17.3 Å². The molecule has 0 saturated carbocycles. The van der Waals surface area contributed by atoms with Gasteiger partial charge in [0.2, 0.25) is 0 Å². The van der Waals surface area contributed by atoms with Gasteiger partial charge in [0.05, 0.1) is 17.2 Å². The summed E-state index contributed by atoms with van der Waals surface area (Å²) in [5.41, 5.74) is 1.50. The number of allylic oxidation sites excluding steroid dienone is 1. The Labute approximate surface area is 138 Å². The van der Waals surface area contributed by atoms with Gasteiger partial charge in [0.25, 0.3) is 0 Å². The molecule has 0 bridgehead atoms. The highest BCUT2D eigenvalue weighted by atomic mass is 35.5. The van der Waals surface area contributed by atoms with Crippen LogP contribution in [-0.4, -0.2) is 18.0 Å². The smallest absolute Gasteiger partial charge is 0.160 e. The minimum Gasteiger partial charge on any atom is -0.504 e. The third kappa shape index (κ3) is 4.26. The van der Waals surface area contributed by atoms with Crippen LogP contribution in [0, 0.1) is 0 Å². The van der Waals surface area contributed by atoms with Crippen LogP contribution >= 0.6 is 23.2 Å². The Hall–Kier alpha value is -1.97. The Morgan fingerprint density at radius 2 is 1.95 bits per heavy atom. The molecule has 0 atom stereocenters. The van der Waals surface area contributed by atoms with Crippen LogP contribution in [0.5, 0.6) is 11.5 Å². The lowest BCUT2D eigenvalue weighted by Crippen LogP contribution is -1.98. The predicted octanol–water partition coefficient (Wildman–Crippen LogP) is 4.53. The Bertz CT molecular complexity index is 724. The van der Waals surface area contributed by atoms with Crippen molar-refractivity contribution in [2.45, 2.75) is 6.42 Å². The van der Waals surface area contributed by atoms with Crippen molar-refractivity contribution < 1.29 is 14.6 Å².